The van der Waals surface area contributed by atoms with E-state index >= 15 is 0 Å². The molecule has 1 aromatic rings. The maximum atomic E-state index is 3.78. The zero-order valence-corrected chi connectivity index (χ0v) is 12.3. The molecule has 2 rings (SSSR count). The van der Waals surface area contributed by atoms with E-state index in [9.17, 15) is 0 Å². The van der Waals surface area contributed by atoms with Crippen molar-refractivity contribution < 1.29 is 0 Å². The molecule has 1 saturated carbocycles. The molecule has 100 valence electrons. The molecule has 1 unspecified atom stereocenters. The van der Waals surface area contributed by atoms with E-state index in [1.54, 1.807) is 11.1 Å². The fraction of sp³-hybridized carbons (Fsp3) is 0.647. The molecule has 1 aromatic carbocycles. The SMILES string of the molecule is CCC(C)Cc1ccccc1C1(NC(C)C)CC1. The summed E-state index contributed by atoms with van der Waals surface area (Å²) in [7, 11) is 0. The molecule has 1 heteroatoms. The molecule has 0 spiro atoms. The van der Waals surface area contributed by atoms with Gasteiger partial charge in [0, 0.05) is 11.6 Å². The topological polar surface area (TPSA) is 12.0 Å². The van der Waals surface area contributed by atoms with Gasteiger partial charge in [0.25, 0.3) is 0 Å². The van der Waals surface area contributed by atoms with Crippen LogP contribution in [0.4, 0.5) is 0 Å². The van der Waals surface area contributed by atoms with Gasteiger partial charge >= 0.3 is 0 Å². The van der Waals surface area contributed by atoms with Crippen molar-refractivity contribution in [1.29, 1.82) is 0 Å². The zero-order valence-electron chi connectivity index (χ0n) is 12.3. The lowest BCUT2D eigenvalue weighted by Gasteiger charge is -2.24. The molecule has 1 N–H and O–H groups in total. The fourth-order valence-electron chi connectivity index (χ4n) is 2.85. The van der Waals surface area contributed by atoms with Crippen molar-refractivity contribution in [1.82, 2.24) is 5.32 Å². The molecule has 0 aliphatic heterocycles. The van der Waals surface area contributed by atoms with Crippen LogP contribution in [0.25, 0.3) is 0 Å². The summed E-state index contributed by atoms with van der Waals surface area (Å²) in [6, 6.07) is 9.59. The average Bonchev–Trinajstić information content (AvgIpc) is 3.09. The van der Waals surface area contributed by atoms with Gasteiger partial charge in [-0.05, 0) is 36.3 Å². The second-order valence-corrected chi connectivity index (χ2v) is 6.26. The lowest BCUT2D eigenvalue weighted by Crippen LogP contribution is -2.35. The van der Waals surface area contributed by atoms with Gasteiger partial charge in [0.2, 0.25) is 0 Å². The van der Waals surface area contributed by atoms with Crippen LogP contribution in [-0.4, -0.2) is 6.04 Å². The molecule has 0 aromatic heterocycles. The highest BCUT2D eigenvalue weighted by molar-refractivity contribution is 5.38. The number of hydrogen-bond acceptors (Lipinski definition) is 1. The molecule has 0 amide bonds. The Bertz CT molecular complexity index is 390. The minimum absolute atomic E-state index is 0.290. The van der Waals surface area contributed by atoms with Gasteiger partial charge in [-0.3, -0.25) is 0 Å². The normalized spacial score (nSPS) is 18.9. The van der Waals surface area contributed by atoms with Crippen molar-refractivity contribution in [2.75, 3.05) is 0 Å². The lowest BCUT2D eigenvalue weighted by atomic mass is 9.90. The zero-order chi connectivity index (χ0) is 13.2. The summed E-state index contributed by atoms with van der Waals surface area (Å²) >= 11 is 0. The standard InChI is InChI=1S/C17H27N/c1-5-14(4)12-15-8-6-7-9-16(15)17(10-11-17)18-13(2)3/h6-9,13-14,18H,5,10-12H2,1-4H3. The molecular weight excluding hydrogens is 218 g/mol. The molecule has 0 radical (unpaired) electrons. The Labute approximate surface area is 112 Å². The molecule has 18 heavy (non-hydrogen) atoms. The second-order valence-electron chi connectivity index (χ2n) is 6.26. The predicted molar refractivity (Wildman–Crippen MR) is 78.8 cm³/mol. The number of rotatable bonds is 6. The molecule has 1 aliphatic rings. The van der Waals surface area contributed by atoms with Crippen LogP contribution in [0.3, 0.4) is 0 Å². The van der Waals surface area contributed by atoms with Crippen molar-refractivity contribution in [2.45, 2.75) is 65.0 Å². The predicted octanol–water partition coefficient (Wildman–Crippen LogP) is 4.26. The third kappa shape index (κ3) is 2.95. The first kappa shape index (κ1) is 13.6. The summed E-state index contributed by atoms with van der Waals surface area (Å²) in [5, 5.41) is 3.78. The lowest BCUT2D eigenvalue weighted by molar-refractivity contribution is 0.454. The van der Waals surface area contributed by atoms with E-state index in [-0.39, 0.29) is 5.54 Å². The van der Waals surface area contributed by atoms with Crippen molar-refractivity contribution in [3.63, 3.8) is 0 Å². The Kier molecular flexibility index (Phi) is 4.11. The van der Waals surface area contributed by atoms with Crippen LogP contribution < -0.4 is 5.32 Å². The molecule has 1 aliphatic carbocycles. The molecule has 0 bridgehead atoms. The van der Waals surface area contributed by atoms with Crippen LogP contribution in [0, 0.1) is 5.92 Å². The van der Waals surface area contributed by atoms with E-state index in [0.29, 0.717) is 6.04 Å². The largest absolute Gasteiger partial charge is 0.305 e. The monoisotopic (exact) mass is 245 g/mol. The minimum atomic E-state index is 0.290. The summed E-state index contributed by atoms with van der Waals surface area (Å²) in [5.41, 5.74) is 3.40. The molecule has 0 heterocycles. The van der Waals surface area contributed by atoms with Crippen molar-refractivity contribution >= 4 is 0 Å². The van der Waals surface area contributed by atoms with Crippen molar-refractivity contribution in [3.05, 3.63) is 35.4 Å². The summed E-state index contributed by atoms with van der Waals surface area (Å²) in [6.07, 6.45) is 5.07. The molecule has 0 saturated heterocycles. The maximum absolute atomic E-state index is 3.78. The van der Waals surface area contributed by atoms with Gasteiger partial charge in [0.1, 0.15) is 0 Å². The van der Waals surface area contributed by atoms with E-state index in [0.717, 1.165) is 5.92 Å². The Hall–Kier alpha value is -0.820. The Morgan fingerprint density at radius 1 is 1.17 bits per heavy atom. The summed E-state index contributed by atoms with van der Waals surface area (Å²) in [4.78, 5) is 0. The Morgan fingerprint density at radius 3 is 2.39 bits per heavy atom. The summed E-state index contributed by atoms with van der Waals surface area (Å²) < 4.78 is 0. The van der Waals surface area contributed by atoms with Crippen LogP contribution >= 0.6 is 0 Å². The highest BCUT2D eigenvalue weighted by Gasteiger charge is 2.45. The summed E-state index contributed by atoms with van der Waals surface area (Å²) in [5.74, 6) is 0.779. The highest BCUT2D eigenvalue weighted by atomic mass is 15.0. The molecule has 1 fully saturated rings. The number of benzene rings is 1. The maximum Gasteiger partial charge on any atom is 0.0440 e. The van der Waals surface area contributed by atoms with Crippen LogP contribution in [0.1, 0.15) is 58.1 Å². The van der Waals surface area contributed by atoms with Gasteiger partial charge in [-0.25, -0.2) is 0 Å². The third-order valence-electron chi connectivity index (χ3n) is 4.11. The van der Waals surface area contributed by atoms with E-state index < -0.39 is 0 Å². The van der Waals surface area contributed by atoms with Crippen molar-refractivity contribution in [3.8, 4) is 0 Å². The first-order valence-corrected chi connectivity index (χ1v) is 7.43. The van der Waals surface area contributed by atoms with Crippen molar-refractivity contribution in [2.24, 2.45) is 5.92 Å². The molecule has 1 atom stereocenters. The Balaban J connectivity index is 2.22. The smallest absolute Gasteiger partial charge is 0.0440 e. The summed E-state index contributed by atoms with van der Waals surface area (Å²) in [6.45, 7) is 9.13. The number of hydrogen-bond donors (Lipinski definition) is 1. The molecule has 1 nitrogen and oxygen atoms in total. The van der Waals surface area contributed by atoms with Crippen LogP contribution in [0.5, 0.6) is 0 Å². The first-order valence-electron chi connectivity index (χ1n) is 7.43. The van der Waals surface area contributed by atoms with Gasteiger partial charge in [-0.1, -0.05) is 58.4 Å². The van der Waals surface area contributed by atoms with Crippen LogP contribution in [0.2, 0.25) is 0 Å². The van der Waals surface area contributed by atoms with E-state index in [1.807, 2.05) is 0 Å². The van der Waals surface area contributed by atoms with Crippen LogP contribution in [0.15, 0.2) is 24.3 Å². The van der Waals surface area contributed by atoms with Gasteiger partial charge in [0.15, 0.2) is 0 Å². The quantitative estimate of drug-likeness (QED) is 0.789. The van der Waals surface area contributed by atoms with E-state index in [1.165, 1.54) is 25.7 Å². The van der Waals surface area contributed by atoms with Gasteiger partial charge < -0.3 is 5.32 Å². The third-order valence-corrected chi connectivity index (χ3v) is 4.11. The first-order chi connectivity index (χ1) is 8.57. The van der Waals surface area contributed by atoms with Gasteiger partial charge in [0.05, 0.1) is 0 Å². The van der Waals surface area contributed by atoms with Gasteiger partial charge in [-0.2, -0.15) is 0 Å². The van der Waals surface area contributed by atoms with E-state index in [2.05, 4.69) is 57.3 Å². The number of nitrogens with one attached hydrogen (secondary N) is 1. The average molecular weight is 245 g/mol. The highest BCUT2D eigenvalue weighted by Crippen LogP contribution is 2.47. The Morgan fingerprint density at radius 2 is 1.83 bits per heavy atom. The van der Waals surface area contributed by atoms with Gasteiger partial charge in [-0.15, -0.1) is 0 Å². The van der Waals surface area contributed by atoms with E-state index in [4.69, 9.17) is 0 Å². The fourth-order valence-corrected chi connectivity index (χ4v) is 2.85. The second kappa shape index (κ2) is 5.44. The van der Waals surface area contributed by atoms with Crippen LogP contribution in [-0.2, 0) is 12.0 Å². The molecular formula is C17H27N. The minimum Gasteiger partial charge on any atom is -0.305 e.